The van der Waals surface area contributed by atoms with Crippen LogP contribution in [0, 0.1) is 0 Å². The molecule has 2 aromatic rings. The van der Waals surface area contributed by atoms with Crippen LogP contribution < -0.4 is 0 Å². The first-order chi connectivity index (χ1) is 12.5. The second-order valence-corrected chi connectivity index (χ2v) is 5.53. The molecule has 2 rings (SSSR count). The number of fused-ring (bicyclic) bond motifs is 1. The lowest BCUT2D eigenvalue weighted by molar-refractivity contribution is -0.159. The highest BCUT2D eigenvalue weighted by atomic mass is 16.5. The molecule has 0 amide bonds. The van der Waals surface area contributed by atoms with Gasteiger partial charge in [0.25, 0.3) is 0 Å². The van der Waals surface area contributed by atoms with Crippen molar-refractivity contribution in [3.8, 4) is 0 Å². The fraction of sp³-hybridized carbons (Fsp3) is 0.421. The number of rotatable bonds is 8. The fourth-order valence-corrected chi connectivity index (χ4v) is 2.31. The van der Waals surface area contributed by atoms with Crippen molar-refractivity contribution in [2.75, 3.05) is 32.8 Å². The van der Waals surface area contributed by atoms with Crippen molar-refractivity contribution in [3.05, 3.63) is 42.1 Å². The molecular formula is C19H26N2O5. The third-order valence-electron chi connectivity index (χ3n) is 3.83. The zero-order valence-corrected chi connectivity index (χ0v) is 15.2. The van der Waals surface area contributed by atoms with Crippen LogP contribution in [0.2, 0.25) is 0 Å². The Hall–Kier alpha value is -2.51. The topological polar surface area (TPSA) is 100.0 Å². The molecule has 0 saturated heterocycles. The standard InChI is InChI=1S/C17H24N2O.C2H2O4/c1-3-19(4-2)11-13-20-12-9-15-7-8-17-16(14-15)6-5-10-18-17;3-1(4)2(5)6/h5-8,10,14H,3-4,9,11-13H2,1-2H3;(H,3,4)(H,5,6). The van der Waals surface area contributed by atoms with E-state index in [0.29, 0.717) is 0 Å². The summed E-state index contributed by atoms with van der Waals surface area (Å²) in [5.41, 5.74) is 2.37. The lowest BCUT2D eigenvalue weighted by Crippen LogP contribution is -2.27. The molecule has 0 fully saturated rings. The van der Waals surface area contributed by atoms with E-state index < -0.39 is 11.9 Å². The van der Waals surface area contributed by atoms with E-state index >= 15 is 0 Å². The van der Waals surface area contributed by atoms with Crippen molar-refractivity contribution >= 4 is 22.8 Å². The summed E-state index contributed by atoms with van der Waals surface area (Å²) in [7, 11) is 0. The highest BCUT2D eigenvalue weighted by Crippen LogP contribution is 2.13. The molecule has 0 bridgehead atoms. The number of carboxylic acid groups (broad SMARTS) is 2. The van der Waals surface area contributed by atoms with Gasteiger partial charge in [0.1, 0.15) is 0 Å². The molecule has 26 heavy (non-hydrogen) atoms. The molecular weight excluding hydrogens is 336 g/mol. The second kappa shape index (κ2) is 11.9. The van der Waals surface area contributed by atoms with E-state index in [2.05, 4.69) is 48.0 Å². The second-order valence-electron chi connectivity index (χ2n) is 5.53. The highest BCUT2D eigenvalue weighted by Gasteiger charge is 2.04. The summed E-state index contributed by atoms with van der Waals surface area (Å²) in [6, 6.07) is 10.5. The van der Waals surface area contributed by atoms with Crippen LogP contribution in [-0.2, 0) is 20.7 Å². The van der Waals surface area contributed by atoms with Gasteiger partial charge in [-0.15, -0.1) is 0 Å². The van der Waals surface area contributed by atoms with Crippen LogP contribution in [0.4, 0.5) is 0 Å². The number of carbonyl (C=O) groups is 2. The molecule has 1 heterocycles. The highest BCUT2D eigenvalue weighted by molar-refractivity contribution is 6.27. The zero-order chi connectivity index (χ0) is 19.4. The third kappa shape index (κ3) is 8.04. The summed E-state index contributed by atoms with van der Waals surface area (Å²) in [5, 5.41) is 16.0. The van der Waals surface area contributed by atoms with Crippen LogP contribution in [0.25, 0.3) is 10.9 Å². The Labute approximate surface area is 153 Å². The number of ether oxygens (including phenoxy) is 1. The molecule has 0 spiro atoms. The van der Waals surface area contributed by atoms with Crippen molar-refractivity contribution in [1.82, 2.24) is 9.88 Å². The first kappa shape index (κ1) is 21.5. The maximum Gasteiger partial charge on any atom is 0.414 e. The summed E-state index contributed by atoms with van der Waals surface area (Å²) in [6.07, 6.45) is 2.79. The van der Waals surface area contributed by atoms with Gasteiger partial charge < -0.3 is 19.8 Å². The Balaban J connectivity index is 0.000000487. The molecule has 2 N–H and O–H groups in total. The molecule has 142 valence electrons. The SMILES string of the molecule is CCN(CC)CCOCCc1ccc2ncccc2c1.O=C(O)C(=O)O. The minimum atomic E-state index is -1.82. The number of benzene rings is 1. The summed E-state index contributed by atoms with van der Waals surface area (Å²) < 4.78 is 5.73. The minimum Gasteiger partial charge on any atom is -0.473 e. The lowest BCUT2D eigenvalue weighted by atomic mass is 10.1. The number of carboxylic acids is 2. The average Bonchev–Trinajstić information content (AvgIpc) is 2.65. The van der Waals surface area contributed by atoms with Crippen LogP contribution in [0.1, 0.15) is 19.4 Å². The van der Waals surface area contributed by atoms with Gasteiger partial charge in [-0.1, -0.05) is 26.0 Å². The Morgan fingerprint density at radius 1 is 1.08 bits per heavy atom. The van der Waals surface area contributed by atoms with Crippen LogP contribution in [0.3, 0.4) is 0 Å². The lowest BCUT2D eigenvalue weighted by Gasteiger charge is -2.17. The van der Waals surface area contributed by atoms with Crippen LogP contribution in [0.5, 0.6) is 0 Å². The van der Waals surface area contributed by atoms with Gasteiger partial charge in [-0.05, 0) is 43.3 Å². The number of nitrogens with zero attached hydrogens (tertiary/aromatic N) is 2. The van der Waals surface area contributed by atoms with E-state index in [1.54, 1.807) is 0 Å². The Bertz CT molecular complexity index is 689. The van der Waals surface area contributed by atoms with Crippen molar-refractivity contribution in [2.24, 2.45) is 0 Å². The molecule has 0 aliphatic rings. The molecule has 7 heteroatoms. The van der Waals surface area contributed by atoms with Crippen molar-refractivity contribution < 1.29 is 24.5 Å². The van der Waals surface area contributed by atoms with Gasteiger partial charge in [0.15, 0.2) is 0 Å². The number of pyridine rings is 1. The maximum absolute atomic E-state index is 9.10. The fourth-order valence-electron chi connectivity index (χ4n) is 2.31. The van der Waals surface area contributed by atoms with Crippen LogP contribution in [0.15, 0.2) is 36.5 Å². The monoisotopic (exact) mass is 362 g/mol. The maximum atomic E-state index is 9.10. The smallest absolute Gasteiger partial charge is 0.414 e. The molecule has 0 aliphatic heterocycles. The van der Waals surface area contributed by atoms with Crippen molar-refractivity contribution in [3.63, 3.8) is 0 Å². The molecule has 0 radical (unpaired) electrons. The Morgan fingerprint density at radius 2 is 1.77 bits per heavy atom. The van der Waals surface area contributed by atoms with Gasteiger partial charge in [-0.3, -0.25) is 4.98 Å². The molecule has 1 aromatic carbocycles. The van der Waals surface area contributed by atoms with E-state index in [9.17, 15) is 0 Å². The van der Waals surface area contributed by atoms with Crippen molar-refractivity contribution in [2.45, 2.75) is 20.3 Å². The number of aromatic nitrogens is 1. The molecule has 1 aromatic heterocycles. The Morgan fingerprint density at radius 3 is 2.38 bits per heavy atom. The first-order valence-electron chi connectivity index (χ1n) is 8.57. The van der Waals surface area contributed by atoms with E-state index in [0.717, 1.165) is 44.8 Å². The van der Waals surface area contributed by atoms with Crippen LogP contribution >= 0.6 is 0 Å². The van der Waals surface area contributed by atoms with Gasteiger partial charge in [-0.25, -0.2) is 9.59 Å². The van der Waals surface area contributed by atoms with E-state index in [4.69, 9.17) is 24.5 Å². The average molecular weight is 362 g/mol. The predicted octanol–water partition coefficient (Wildman–Crippen LogP) is 2.29. The third-order valence-corrected chi connectivity index (χ3v) is 3.83. The number of aliphatic carboxylic acids is 2. The summed E-state index contributed by atoms with van der Waals surface area (Å²) in [5.74, 6) is -3.65. The normalized spacial score (nSPS) is 10.4. The summed E-state index contributed by atoms with van der Waals surface area (Å²) in [6.45, 7) is 9.19. The van der Waals surface area contributed by atoms with Gasteiger partial charge in [-0.2, -0.15) is 0 Å². The van der Waals surface area contributed by atoms with E-state index in [1.807, 2.05) is 12.3 Å². The van der Waals surface area contributed by atoms with Gasteiger partial charge in [0.05, 0.1) is 18.7 Å². The largest absolute Gasteiger partial charge is 0.473 e. The minimum absolute atomic E-state index is 0.785. The molecule has 0 aliphatic carbocycles. The number of likely N-dealkylation sites (N-methyl/N-ethyl adjacent to an activating group) is 1. The molecule has 7 nitrogen and oxygen atoms in total. The first-order valence-corrected chi connectivity index (χ1v) is 8.57. The zero-order valence-electron chi connectivity index (χ0n) is 15.2. The molecule has 0 unspecified atom stereocenters. The van der Waals surface area contributed by atoms with Gasteiger partial charge in [0.2, 0.25) is 0 Å². The predicted molar refractivity (Wildman–Crippen MR) is 99.3 cm³/mol. The Kier molecular flexibility index (Phi) is 9.89. The number of hydrogen-bond donors (Lipinski definition) is 2. The molecule has 0 atom stereocenters. The van der Waals surface area contributed by atoms with Crippen molar-refractivity contribution in [1.29, 1.82) is 0 Å². The quantitative estimate of drug-likeness (QED) is 0.549. The summed E-state index contributed by atoms with van der Waals surface area (Å²) in [4.78, 5) is 24.9. The van der Waals surface area contributed by atoms with Gasteiger partial charge in [0, 0.05) is 18.1 Å². The van der Waals surface area contributed by atoms with E-state index in [-0.39, 0.29) is 0 Å². The van der Waals surface area contributed by atoms with Gasteiger partial charge >= 0.3 is 11.9 Å². The van der Waals surface area contributed by atoms with Crippen LogP contribution in [-0.4, -0.2) is 64.9 Å². The number of hydrogen-bond acceptors (Lipinski definition) is 5. The van der Waals surface area contributed by atoms with E-state index in [1.165, 1.54) is 10.9 Å². The summed E-state index contributed by atoms with van der Waals surface area (Å²) >= 11 is 0. The molecule has 0 saturated carbocycles.